The van der Waals surface area contributed by atoms with E-state index in [-0.39, 0.29) is 11.9 Å². The van der Waals surface area contributed by atoms with Crippen molar-refractivity contribution in [1.29, 1.82) is 0 Å². The number of methoxy groups -OCH3 is 1. The molecule has 0 radical (unpaired) electrons. The van der Waals surface area contributed by atoms with E-state index in [0.717, 1.165) is 5.56 Å². The molecule has 1 aromatic rings. The smallest absolute Gasteiger partial charge is 0.123 e. The molecule has 1 aromatic carbocycles. The predicted octanol–water partition coefficient (Wildman–Crippen LogP) is 2.92. The predicted molar refractivity (Wildman–Crippen MR) is 48.9 cm³/mol. The van der Waals surface area contributed by atoms with Crippen molar-refractivity contribution in [2.45, 2.75) is 18.9 Å². The summed E-state index contributed by atoms with van der Waals surface area (Å²) in [7, 11) is 1.71. The van der Waals surface area contributed by atoms with Gasteiger partial charge in [0.15, 0.2) is 0 Å². The first-order valence-electron chi connectivity index (χ1n) is 4.59. The summed E-state index contributed by atoms with van der Waals surface area (Å²) in [5.74, 6) is 0.463. The Morgan fingerprint density at radius 2 is 1.92 bits per heavy atom. The average Bonchev–Trinajstić information content (AvgIpc) is 2.93. The Morgan fingerprint density at radius 3 is 2.38 bits per heavy atom. The zero-order valence-electron chi connectivity index (χ0n) is 7.66. The van der Waals surface area contributed by atoms with Gasteiger partial charge in [-0.3, -0.25) is 0 Å². The average molecular weight is 180 g/mol. The van der Waals surface area contributed by atoms with Gasteiger partial charge in [0, 0.05) is 7.11 Å². The maximum atomic E-state index is 12.6. The van der Waals surface area contributed by atoms with Crippen LogP contribution in [0.4, 0.5) is 4.39 Å². The van der Waals surface area contributed by atoms with Crippen molar-refractivity contribution in [2.75, 3.05) is 7.11 Å². The largest absolute Gasteiger partial charge is 0.376 e. The number of benzene rings is 1. The lowest BCUT2D eigenvalue weighted by Gasteiger charge is -2.14. The van der Waals surface area contributed by atoms with Gasteiger partial charge < -0.3 is 4.74 Å². The molecule has 0 amide bonds. The molecule has 2 rings (SSSR count). The molecule has 70 valence electrons. The van der Waals surface area contributed by atoms with Gasteiger partial charge in [-0.1, -0.05) is 12.1 Å². The molecule has 0 aromatic heterocycles. The molecule has 1 atom stereocenters. The van der Waals surface area contributed by atoms with Crippen LogP contribution in [0, 0.1) is 11.7 Å². The second-order valence-electron chi connectivity index (χ2n) is 3.55. The summed E-state index contributed by atoms with van der Waals surface area (Å²) in [5, 5.41) is 0. The van der Waals surface area contributed by atoms with E-state index in [1.807, 2.05) is 12.1 Å². The lowest BCUT2D eigenvalue weighted by molar-refractivity contribution is 0.0845. The molecular weight excluding hydrogens is 167 g/mol. The fourth-order valence-electron chi connectivity index (χ4n) is 1.65. The van der Waals surface area contributed by atoms with Crippen LogP contribution in [0.5, 0.6) is 0 Å². The van der Waals surface area contributed by atoms with E-state index >= 15 is 0 Å². The van der Waals surface area contributed by atoms with Crippen molar-refractivity contribution in [3.63, 3.8) is 0 Å². The molecule has 1 nitrogen and oxygen atoms in total. The van der Waals surface area contributed by atoms with E-state index < -0.39 is 0 Å². The van der Waals surface area contributed by atoms with Crippen LogP contribution in [0.15, 0.2) is 24.3 Å². The Hall–Kier alpha value is -0.890. The van der Waals surface area contributed by atoms with Crippen molar-refractivity contribution in [2.24, 2.45) is 5.92 Å². The van der Waals surface area contributed by atoms with Crippen molar-refractivity contribution in [1.82, 2.24) is 0 Å². The Morgan fingerprint density at radius 1 is 1.31 bits per heavy atom. The second kappa shape index (κ2) is 3.46. The number of rotatable bonds is 3. The fraction of sp³-hybridized carbons (Fsp3) is 0.455. The summed E-state index contributed by atoms with van der Waals surface area (Å²) in [4.78, 5) is 0. The minimum Gasteiger partial charge on any atom is -0.376 e. The number of hydrogen-bond donors (Lipinski definition) is 0. The van der Waals surface area contributed by atoms with Gasteiger partial charge in [-0.15, -0.1) is 0 Å². The molecule has 2 heteroatoms. The van der Waals surface area contributed by atoms with Crippen LogP contribution in [-0.4, -0.2) is 7.11 Å². The number of halogens is 1. The van der Waals surface area contributed by atoms with Gasteiger partial charge in [0.2, 0.25) is 0 Å². The molecule has 1 aliphatic rings. The standard InChI is InChI=1S/C11H13FO/c1-13-11(8-2-3-8)9-4-6-10(12)7-5-9/h4-8,11H,2-3H2,1H3. The summed E-state index contributed by atoms with van der Waals surface area (Å²) in [5.41, 5.74) is 1.09. The highest BCUT2D eigenvalue weighted by atomic mass is 19.1. The molecule has 0 aliphatic heterocycles. The normalized spacial score (nSPS) is 18.6. The Bertz CT molecular complexity index is 277. The van der Waals surface area contributed by atoms with E-state index in [0.29, 0.717) is 5.92 Å². The first kappa shape index (κ1) is 8.70. The number of hydrogen-bond acceptors (Lipinski definition) is 1. The van der Waals surface area contributed by atoms with Crippen LogP contribution in [0.25, 0.3) is 0 Å². The van der Waals surface area contributed by atoms with E-state index in [2.05, 4.69) is 0 Å². The Kier molecular flexibility index (Phi) is 2.32. The number of ether oxygens (including phenoxy) is 1. The highest BCUT2D eigenvalue weighted by Crippen LogP contribution is 2.42. The van der Waals surface area contributed by atoms with Crippen molar-refractivity contribution < 1.29 is 9.13 Å². The Labute approximate surface area is 77.5 Å². The van der Waals surface area contributed by atoms with Crippen LogP contribution in [0.3, 0.4) is 0 Å². The molecule has 0 heterocycles. The molecule has 0 saturated heterocycles. The summed E-state index contributed by atoms with van der Waals surface area (Å²) in [6.07, 6.45) is 2.63. The van der Waals surface area contributed by atoms with E-state index in [1.165, 1.54) is 25.0 Å². The quantitative estimate of drug-likeness (QED) is 0.695. The molecule has 0 bridgehead atoms. The topological polar surface area (TPSA) is 9.23 Å². The molecule has 0 spiro atoms. The van der Waals surface area contributed by atoms with Crippen LogP contribution in [0.2, 0.25) is 0 Å². The van der Waals surface area contributed by atoms with Crippen LogP contribution >= 0.6 is 0 Å². The molecular formula is C11H13FO. The van der Waals surface area contributed by atoms with E-state index in [4.69, 9.17) is 4.74 Å². The van der Waals surface area contributed by atoms with Gasteiger partial charge in [0.05, 0.1) is 6.10 Å². The molecule has 1 aliphatic carbocycles. The van der Waals surface area contributed by atoms with Gasteiger partial charge in [0.1, 0.15) is 5.82 Å². The lowest BCUT2D eigenvalue weighted by atomic mass is 10.1. The zero-order chi connectivity index (χ0) is 9.26. The Balaban J connectivity index is 2.17. The van der Waals surface area contributed by atoms with Crippen molar-refractivity contribution in [3.8, 4) is 0 Å². The first-order valence-corrected chi connectivity index (χ1v) is 4.59. The first-order chi connectivity index (χ1) is 6.31. The highest BCUT2D eigenvalue weighted by molar-refractivity contribution is 5.20. The lowest BCUT2D eigenvalue weighted by Crippen LogP contribution is -2.03. The summed E-state index contributed by atoms with van der Waals surface area (Å²) >= 11 is 0. The summed E-state index contributed by atoms with van der Waals surface area (Å²) < 4.78 is 18.0. The molecule has 1 fully saturated rings. The minimum atomic E-state index is -0.186. The van der Waals surface area contributed by atoms with Gasteiger partial charge in [-0.2, -0.15) is 0 Å². The molecule has 1 saturated carbocycles. The molecule has 13 heavy (non-hydrogen) atoms. The second-order valence-corrected chi connectivity index (χ2v) is 3.55. The minimum absolute atomic E-state index is 0.167. The summed E-state index contributed by atoms with van der Waals surface area (Å²) in [6, 6.07) is 6.59. The maximum Gasteiger partial charge on any atom is 0.123 e. The van der Waals surface area contributed by atoms with E-state index in [1.54, 1.807) is 7.11 Å². The van der Waals surface area contributed by atoms with Gasteiger partial charge in [0.25, 0.3) is 0 Å². The van der Waals surface area contributed by atoms with E-state index in [9.17, 15) is 4.39 Å². The van der Waals surface area contributed by atoms with Crippen LogP contribution in [0.1, 0.15) is 24.5 Å². The fourth-order valence-corrected chi connectivity index (χ4v) is 1.65. The van der Waals surface area contributed by atoms with Gasteiger partial charge in [-0.05, 0) is 36.5 Å². The molecule has 0 N–H and O–H groups in total. The third kappa shape index (κ3) is 1.89. The zero-order valence-corrected chi connectivity index (χ0v) is 7.66. The van der Waals surface area contributed by atoms with Crippen LogP contribution < -0.4 is 0 Å². The van der Waals surface area contributed by atoms with Crippen LogP contribution in [-0.2, 0) is 4.74 Å². The van der Waals surface area contributed by atoms with Gasteiger partial charge >= 0.3 is 0 Å². The van der Waals surface area contributed by atoms with Crippen molar-refractivity contribution in [3.05, 3.63) is 35.6 Å². The third-order valence-electron chi connectivity index (χ3n) is 2.50. The highest BCUT2D eigenvalue weighted by Gasteiger charge is 2.32. The van der Waals surface area contributed by atoms with Crippen molar-refractivity contribution >= 4 is 0 Å². The maximum absolute atomic E-state index is 12.6. The van der Waals surface area contributed by atoms with Gasteiger partial charge in [-0.25, -0.2) is 4.39 Å². The monoisotopic (exact) mass is 180 g/mol. The summed E-state index contributed by atoms with van der Waals surface area (Å²) in [6.45, 7) is 0. The molecule has 1 unspecified atom stereocenters. The third-order valence-corrected chi connectivity index (χ3v) is 2.50. The SMILES string of the molecule is COC(c1ccc(F)cc1)C1CC1.